The van der Waals surface area contributed by atoms with Crippen molar-refractivity contribution >= 4 is 22.9 Å². The van der Waals surface area contributed by atoms with Crippen LogP contribution in [0, 0.1) is 0 Å². The zero-order valence-electron chi connectivity index (χ0n) is 15.3. The van der Waals surface area contributed by atoms with Gasteiger partial charge < -0.3 is 15.7 Å². The number of halogens is 1. The van der Waals surface area contributed by atoms with Crippen LogP contribution in [-0.2, 0) is 0 Å². The van der Waals surface area contributed by atoms with E-state index in [1.807, 2.05) is 12.3 Å². The summed E-state index contributed by atoms with van der Waals surface area (Å²) in [7, 11) is 1.71. The number of allylic oxidation sites excluding steroid dienone is 1. The Morgan fingerprint density at radius 2 is 2.19 bits per heavy atom. The molecule has 1 aliphatic carbocycles. The van der Waals surface area contributed by atoms with Crippen LogP contribution >= 0.6 is 11.6 Å². The van der Waals surface area contributed by atoms with E-state index < -0.39 is 0 Å². The molecule has 1 saturated carbocycles. The number of phenolic OH excluding ortho intramolecular Hbond substituents is 1. The largest absolute Gasteiger partial charge is 0.508 e. The van der Waals surface area contributed by atoms with Crippen LogP contribution in [0.5, 0.6) is 5.75 Å². The number of benzene rings is 1. The molecule has 1 aliphatic rings. The number of rotatable bonds is 9. The molecule has 2 aromatic rings. The van der Waals surface area contributed by atoms with Crippen molar-refractivity contribution in [2.75, 3.05) is 20.1 Å². The Labute approximate surface area is 164 Å². The minimum absolute atomic E-state index is 0.0970. The first-order valence-corrected chi connectivity index (χ1v) is 9.45. The second-order valence-electron chi connectivity index (χ2n) is 6.46. The fourth-order valence-electron chi connectivity index (χ4n) is 2.79. The lowest BCUT2D eigenvalue weighted by Gasteiger charge is -2.13. The molecule has 7 heteroatoms. The number of aliphatic imine (C=N–C) groups is 1. The number of nitrogens with one attached hydrogen (secondary N) is 2. The molecule has 0 radical (unpaired) electrons. The number of nitrogens with zero attached hydrogens (tertiary/aromatic N) is 3. The second kappa shape index (κ2) is 9.48. The van der Waals surface area contributed by atoms with Crippen LogP contribution < -0.4 is 10.6 Å². The summed E-state index contributed by atoms with van der Waals surface area (Å²) >= 11 is 6.11. The molecule has 3 N–H and O–H groups in total. The highest BCUT2D eigenvalue weighted by atomic mass is 35.5. The molecular weight excluding hydrogens is 362 g/mol. The maximum Gasteiger partial charge on any atom is 0.117 e. The van der Waals surface area contributed by atoms with Gasteiger partial charge in [0.25, 0.3) is 0 Å². The predicted molar refractivity (Wildman–Crippen MR) is 109 cm³/mol. The number of hydrogen-bond donors (Lipinski definition) is 3. The minimum atomic E-state index is 0.0970. The summed E-state index contributed by atoms with van der Waals surface area (Å²) in [5.74, 6) is 0.0970. The van der Waals surface area contributed by atoms with Gasteiger partial charge in [-0.05, 0) is 50.1 Å². The molecule has 1 heterocycles. The van der Waals surface area contributed by atoms with Gasteiger partial charge in [-0.25, -0.2) is 9.97 Å². The van der Waals surface area contributed by atoms with E-state index in [1.165, 1.54) is 25.2 Å². The van der Waals surface area contributed by atoms with E-state index >= 15 is 0 Å². The Balaban J connectivity index is 1.78. The topological polar surface area (TPSA) is 82.4 Å². The first kappa shape index (κ1) is 19.3. The van der Waals surface area contributed by atoms with Gasteiger partial charge in [0.2, 0.25) is 0 Å². The van der Waals surface area contributed by atoms with Crippen LogP contribution in [0.2, 0.25) is 5.02 Å². The summed E-state index contributed by atoms with van der Waals surface area (Å²) in [5.41, 5.74) is 2.98. The van der Waals surface area contributed by atoms with Gasteiger partial charge >= 0.3 is 0 Å². The van der Waals surface area contributed by atoms with E-state index in [-0.39, 0.29) is 5.75 Å². The third-order valence-corrected chi connectivity index (χ3v) is 4.47. The summed E-state index contributed by atoms with van der Waals surface area (Å²) in [6.45, 7) is 1.84. The lowest BCUT2D eigenvalue weighted by molar-refractivity contribution is 0.475. The molecule has 142 valence electrons. The van der Waals surface area contributed by atoms with Gasteiger partial charge in [0.1, 0.15) is 12.1 Å². The average molecular weight is 386 g/mol. The molecule has 1 fully saturated rings. The molecule has 1 aromatic carbocycles. The van der Waals surface area contributed by atoms with Crippen LogP contribution in [0.25, 0.3) is 5.57 Å². The summed E-state index contributed by atoms with van der Waals surface area (Å²) < 4.78 is 0. The molecule has 0 aliphatic heterocycles. The van der Waals surface area contributed by atoms with E-state index in [1.54, 1.807) is 25.4 Å². The number of aromatic hydroxyl groups is 1. The van der Waals surface area contributed by atoms with Crippen LogP contribution in [0.3, 0.4) is 0 Å². The third kappa shape index (κ3) is 5.77. The Hall–Kier alpha value is -2.44. The average Bonchev–Trinajstić information content (AvgIpc) is 3.48. The molecule has 0 amide bonds. The summed E-state index contributed by atoms with van der Waals surface area (Å²) in [4.78, 5) is 12.8. The zero-order valence-corrected chi connectivity index (χ0v) is 16.1. The van der Waals surface area contributed by atoms with E-state index in [9.17, 15) is 5.11 Å². The summed E-state index contributed by atoms with van der Waals surface area (Å²) in [6, 6.07) is 7.47. The quantitative estimate of drug-likeness (QED) is 0.456. The van der Waals surface area contributed by atoms with Crippen molar-refractivity contribution in [2.45, 2.75) is 25.3 Å². The molecule has 27 heavy (non-hydrogen) atoms. The van der Waals surface area contributed by atoms with E-state index in [4.69, 9.17) is 11.6 Å². The Morgan fingerprint density at radius 1 is 1.33 bits per heavy atom. The lowest BCUT2D eigenvalue weighted by Crippen LogP contribution is -2.21. The van der Waals surface area contributed by atoms with Crippen molar-refractivity contribution in [3.05, 3.63) is 59.3 Å². The van der Waals surface area contributed by atoms with Crippen LogP contribution in [-0.4, -0.2) is 47.0 Å². The van der Waals surface area contributed by atoms with Gasteiger partial charge in [-0.1, -0.05) is 11.6 Å². The molecule has 0 saturated heterocycles. The molecule has 0 unspecified atom stereocenters. The second-order valence-corrected chi connectivity index (χ2v) is 6.90. The van der Waals surface area contributed by atoms with Crippen molar-refractivity contribution in [1.29, 1.82) is 0 Å². The van der Waals surface area contributed by atoms with Crippen molar-refractivity contribution in [3.8, 4) is 5.75 Å². The van der Waals surface area contributed by atoms with Gasteiger partial charge in [-0.15, -0.1) is 0 Å². The maximum absolute atomic E-state index is 9.91. The van der Waals surface area contributed by atoms with Crippen molar-refractivity contribution in [3.63, 3.8) is 0 Å². The SMILES string of the molecule is C/N=C(\C(=C/NCCCNC1CC1)c1ccncn1)c1cc(O)cc(Cl)c1. The molecule has 0 atom stereocenters. The fourth-order valence-corrected chi connectivity index (χ4v) is 3.02. The molecule has 0 spiro atoms. The molecule has 6 nitrogen and oxygen atoms in total. The van der Waals surface area contributed by atoms with Gasteiger partial charge in [0.05, 0.1) is 11.4 Å². The monoisotopic (exact) mass is 385 g/mol. The first-order chi connectivity index (χ1) is 13.2. The highest BCUT2D eigenvalue weighted by molar-refractivity contribution is 6.34. The summed E-state index contributed by atoms with van der Waals surface area (Å²) in [6.07, 6.45) is 8.74. The first-order valence-electron chi connectivity index (χ1n) is 9.08. The maximum atomic E-state index is 9.91. The molecular formula is C20H24ClN5O. The predicted octanol–water partition coefficient (Wildman–Crippen LogP) is 3.03. The Kier molecular flexibility index (Phi) is 6.79. The van der Waals surface area contributed by atoms with E-state index in [0.29, 0.717) is 10.7 Å². The van der Waals surface area contributed by atoms with Crippen molar-refractivity contribution < 1.29 is 5.11 Å². The van der Waals surface area contributed by atoms with Crippen LogP contribution in [0.1, 0.15) is 30.5 Å². The van der Waals surface area contributed by atoms with Gasteiger partial charge in [-0.3, -0.25) is 4.99 Å². The summed E-state index contributed by atoms with van der Waals surface area (Å²) in [5, 5.41) is 17.2. The fraction of sp³-hybridized carbons (Fsp3) is 0.350. The Morgan fingerprint density at radius 3 is 2.85 bits per heavy atom. The van der Waals surface area contributed by atoms with Crippen molar-refractivity contribution in [1.82, 2.24) is 20.6 Å². The van der Waals surface area contributed by atoms with Gasteiger partial charge in [0.15, 0.2) is 0 Å². The Bertz CT molecular complexity index is 798. The van der Waals surface area contributed by atoms with E-state index in [2.05, 4.69) is 25.6 Å². The van der Waals surface area contributed by atoms with Crippen LogP contribution in [0.4, 0.5) is 0 Å². The molecule has 1 aromatic heterocycles. The zero-order chi connectivity index (χ0) is 19.1. The minimum Gasteiger partial charge on any atom is -0.508 e. The number of aromatic nitrogens is 2. The highest BCUT2D eigenvalue weighted by Crippen LogP contribution is 2.25. The van der Waals surface area contributed by atoms with Crippen LogP contribution in [0.15, 0.2) is 48.0 Å². The smallest absolute Gasteiger partial charge is 0.117 e. The standard InChI is InChI=1S/C20H24ClN5O/c1-22-20(14-9-15(21)11-17(27)10-14)18(19-5-8-24-13-26-19)12-23-6-2-7-25-16-3-4-16/h5,8-13,16,23,25,27H,2-4,6-7H2,1H3/b18-12-,22-20-. The van der Waals surface area contributed by atoms with Gasteiger partial charge in [0, 0.05) is 48.2 Å². The van der Waals surface area contributed by atoms with Crippen molar-refractivity contribution in [2.24, 2.45) is 4.99 Å². The highest BCUT2D eigenvalue weighted by Gasteiger charge is 2.19. The lowest BCUT2D eigenvalue weighted by atomic mass is 10.00. The number of phenols is 1. The van der Waals surface area contributed by atoms with Gasteiger partial charge in [-0.2, -0.15) is 0 Å². The number of hydrogen-bond acceptors (Lipinski definition) is 6. The molecule has 0 bridgehead atoms. The third-order valence-electron chi connectivity index (χ3n) is 4.25. The molecule has 3 rings (SSSR count). The van der Waals surface area contributed by atoms with E-state index in [0.717, 1.165) is 42.4 Å². The normalized spacial score (nSPS) is 15.0.